The Bertz CT molecular complexity index is 600. The lowest BCUT2D eigenvalue weighted by atomic mass is 10.2. The van der Waals surface area contributed by atoms with Gasteiger partial charge in [0, 0.05) is 20.1 Å². The van der Waals surface area contributed by atoms with Crippen molar-refractivity contribution in [2.75, 3.05) is 31.2 Å². The predicted molar refractivity (Wildman–Crippen MR) is 84.3 cm³/mol. The van der Waals surface area contributed by atoms with E-state index in [1.165, 1.54) is 11.3 Å². The quantitative estimate of drug-likeness (QED) is 0.750. The number of nitrogen functional groups attached to an aromatic ring is 1. The van der Waals surface area contributed by atoms with Crippen LogP contribution in [0.15, 0.2) is 30.3 Å². The third-order valence-electron chi connectivity index (χ3n) is 2.93. The number of carbonyl (C=O) groups is 1. The van der Waals surface area contributed by atoms with Crippen molar-refractivity contribution in [1.82, 2.24) is 9.88 Å². The van der Waals surface area contributed by atoms with Gasteiger partial charge in [-0.05, 0) is 5.56 Å². The second kappa shape index (κ2) is 7.05. The molecule has 0 aliphatic rings. The van der Waals surface area contributed by atoms with Gasteiger partial charge in [0.25, 0.3) is 5.91 Å². The van der Waals surface area contributed by atoms with E-state index in [-0.39, 0.29) is 24.9 Å². The third-order valence-corrected chi connectivity index (χ3v) is 4.01. The molecule has 0 aliphatic carbocycles. The Kier molecular flexibility index (Phi) is 5.13. The van der Waals surface area contributed by atoms with E-state index >= 15 is 0 Å². The van der Waals surface area contributed by atoms with Gasteiger partial charge in [-0.1, -0.05) is 41.7 Å². The van der Waals surface area contributed by atoms with Crippen LogP contribution in [0.3, 0.4) is 0 Å². The lowest BCUT2D eigenvalue weighted by Crippen LogP contribution is -2.33. The molecule has 2 rings (SSSR count). The van der Waals surface area contributed by atoms with Gasteiger partial charge in [-0.25, -0.2) is 4.98 Å². The van der Waals surface area contributed by atoms with Crippen molar-refractivity contribution in [3.63, 3.8) is 0 Å². The van der Waals surface area contributed by atoms with Crippen LogP contribution in [-0.4, -0.2) is 41.1 Å². The van der Waals surface area contributed by atoms with E-state index in [0.29, 0.717) is 16.6 Å². The van der Waals surface area contributed by atoms with Crippen LogP contribution < -0.4 is 11.1 Å². The molecule has 0 saturated carbocycles. The highest BCUT2D eigenvalue weighted by atomic mass is 32.1. The second-order valence-electron chi connectivity index (χ2n) is 4.42. The van der Waals surface area contributed by atoms with E-state index in [2.05, 4.69) is 10.3 Å². The first kappa shape index (κ1) is 15.3. The number of aromatic nitrogens is 1. The molecule has 112 valence electrons. The van der Waals surface area contributed by atoms with Crippen molar-refractivity contribution in [3.05, 3.63) is 40.8 Å². The van der Waals surface area contributed by atoms with Crippen LogP contribution in [0.2, 0.25) is 0 Å². The van der Waals surface area contributed by atoms with E-state index in [0.717, 1.165) is 5.56 Å². The smallest absolute Gasteiger partial charge is 0.268 e. The van der Waals surface area contributed by atoms with Crippen molar-refractivity contribution < 1.29 is 9.90 Å². The number of nitrogens with two attached hydrogens (primary N) is 1. The summed E-state index contributed by atoms with van der Waals surface area (Å²) < 4.78 is 0. The number of hydrogen-bond donors (Lipinski definition) is 3. The summed E-state index contributed by atoms with van der Waals surface area (Å²) in [4.78, 5) is 18.6. The fourth-order valence-corrected chi connectivity index (χ4v) is 2.72. The number of nitrogens with zero attached hydrogens (tertiary/aromatic N) is 2. The number of carbonyl (C=O) groups excluding carboxylic acids is 1. The van der Waals surface area contributed by atoms with Gasteiger partial charge in [-0.15, -0.1) is 0 Å². The Morgan fingerprint density at radius 2 is 2.14 bits per heavy atom. The normalized spacial score (nSPS) is 10.4. The average molecular weight is 306 g/mol. The van der Waals surface area contributed by atoms with Gasteiger partial charge in [0.1, 0.15) is 10.7 Å². The van der Waals surface area contributed by atoms with Crippen molar-refractivity contribution in [2.45, 2.75) is 6.54 Å². The zero-order chi connectivity index (χ0) is 15.2. The van der Waals surface area contributed by atoms with Crippen LogP contribution in [0.4, 0.5) is 10.9 Å². The molecule has 6 nitrogen and oxygen atoms in total. The summed E-state index contributed by atoms with van der Waals surface area (Å²) in [5, 5.41) is 12.6. The summed E-state index contributed by atoms with van der Waals surface area (Å²) in [6.45, 7) is 0.572. The number of benzene rings is 1. The Labute approximate surface area is 127 Å². The molecular formula is C14H18N4O2S. The minimum absolute atomic E-state index is 0.101. The van der Waals surface area contributed by atoms with Crippen LogP contribution in [0.25, 0.3) is 0 Å². The number of anilines is 2. The maximum absolute atomic E-state index is 12.6. The standard InChI is InChI=1S/C14H18N4O2S/c1-16-14-17-12(15)11(21-14)13(20)18(7-8-19)9-10-5-3-2-4-6-10/h2-6,19H,7-9,15H2,1H3,(H,16,17). The third kappa shape index (κ3) is 3.71. The number of thiazole rings is 1. The number of aliphatic hydroxyl groups is 1. The van der Waals surface area contributed by atoms with E-state index in [1.54, 1.807) is 11.9 Å². The minimum Gasteiger partial charge on any atom is -0.395 e. The van der Waals surface area contributed by atoms with E-state index in [1.807, 2.05) is 30.3 Å². The zero-order valence-corrected chi connectivity index (χ0v) is 12.6. The van der Waals surface area contributed by atoms with Crippen molar-refractivity contribution in [2.24, 2.45) is 0 Å². The molecule has 1 amide bonds. The molecular weight excluding hydrogens is 288 g/mol. The molecule has 0 fully saturated rings. The van der Waals surface area contributed by atoms with Gasteiger partial charge < -0.3 is 21.1 Å². The average Bonchev–Trinajstić information content (AvgIpc) is 2.88. The molecule has 0 bridgehead atoms. The highest BCUT2D eigenvalue weighted by molar-refractivity contribution is 7.18. The fourth-order valence-electron chi connectivity index (χ4n) is 1.91. The molecule has 2 aromatic rings. The van der Waals surface area contributed by atoms with Gasteiger partial charge >= 0.3 is 0 Å². The molecule has 4 N–H and O–H groups in total. The molecule has 0 saturated heterocycles. The van der Waals surface area contributed by atoms with Crippen LogP contribution in [0, 0.1) is 0 Å². The van der Waals surface area contributed by atoms with Crippen LogP contribution >= 0.6 is 11.3 Å². The highest BCUT2D eigenvalue weighted by Gasteiger charge is 2.22. The summed E-state index contributed by atoms with van der Waals surface area (Å²) in [7, 11) is 1.72. The highest BCUT2D eigenvalue weighted by Crippen LogP contribution is 2.26. The van der Waals surface area contributed by atoms with E-state index in [4.69, 9.17) is 5.73 Å². The van der Waals surface area contributed by atoms with Crippen LogP contribution in [0.5, 0.6) is 0 Å². The van der Waals surface area contributed by atoms with Gasteiger partial charge in [0.15, 0.2) is 5.13 Å². The van der Waals surface area contributed by atoms with Crippen molar-refractivity contribution in [3.8, 4) is 0 Å². The number of rotatable bonds is 6. The summed E-state index contributed by atoms with van der Waals surface area (Å²) in [5.41, 5.74) is 6.79. The second-order valence-corrected chi connectivity index (χ2v) is 5.42. The van der Waals surface area contributed by atoms with Crippen molar-refractivity contribution in [1.29, 1.82) is 0 Å². The largest absolute Gasteiger partial charge is 0.395 e. The number of amides is 1. The molecule has 1 heterocycles. The number of nitrogens with one attached hydrogen (secondary N) is 1. The van der Waals surface area contributed by atoms with Crippen molar-refractivity contribution >= 4 is 28.2 Å². The van der Waals surface area contributed by atoms with Gasteiger partial charge in [0.2, 0.25) is 0 Å². The molecule has 1 aromatic carbocycles. The van der Waals surface area contributed by atoms with E-state index < -0.39 is 0 Å². The minimum atomic E-state index is -0.218. The van der Waals surface area contributed by atoms with Gasteiger partial charge in [-0.3, -0.25) is 4.79 Å². The van der Waals surface area contributed by atoms with Crippen LogP contribution in [0.1, 0.15) is 15.2 Å². The lowest BCUT2D eigenvalue weighted by Gasteiger charge is -2.21. The summed E-state index contributed by atoms with van der Waals surface area (Å²) in [5.74, 6) is -0.00486. The SMILES string of the molecule is CNc1nc(N)c(C(=O)N(CCO)Cc2ccccc2)s1. The lowest BCUT2D eigenvalue weighted by molar-refractivity contribution is 0.0713. The molecule has 0 spiro atoms. The summed E-state index contributed by atoms with van der Waals surface area (Å²) in [6, 6.07) is 9.62. The molecule has 1 aromatic heterocycles. The molecule has 21 heavy (non-hydrogen) atoms. The number of hydrogen-bond acceptors (Lipinski definition) is 6. The Balaban J connectivity index is 2.20. The number of aliphatic hydroxyl groups excluding tert-OH is 1. The maximum Gasteiger partial charge on any atom is 0.268 e. The molecule has 0 atom stereocenters. The summed E-state index contributed by atoms with van der Waals surface area (Å²) in [6.07, 6.45) is 0. The molecule has 7 heteroatoms. The molecule has 0 radical (unpaired) electrons. The molecule has 0 unspecified atom stereocenters. The predicted octanol–water partition coefficient (Wildman–Crippen LogP) is 1.40. The Morgan fingerprint density at radius 1 is 1.43 bits per heavy atom. The summed E-state index contributed by atoms with van der Waals surface area (Å²) >= 11 is 1.21. The molecule has 0 aliphatic heterocycles. The Morgan fingerprint density at radius 3 is 2.71 bits per heavy atom. The first-order valence-electron chi connectivity index (χ1n) is 6.53. The topological polar surface area (TPSA) is 91.5 Å². The maximum atomic E-state index is 12.6. The first-order valence-corrected chi connectivity index (χ1v) is 7.35. The van der Waals surface area contributed by atoms with E-state index in [9.17, 15) is 9.90 Å². The van der Waals surface area contributed by atoms with Crippen LogP contribution in [-0.2, 0) is 6.54 Å². The van der Waals surface area contributed by atoms with Gasteiger partial charge in [0.05, 0.1) is 6.61 Å². The first-order chi connectivity index (χ1) is 10.2. The monoisotopic (exact) mass is 306 g/mol. The Hall–Kier alpha value is -2.12. The van der Waals surface area contributed by atoms with Gasteiger partial charge in [-0.2, -0.15) is 0 Å². The fraction of sp³-hybridized carbons (Fsp3) is 0.286. The zero-order valence-electron chi connectivity index (χ0n) is 11.7.